The van der Waals surface area contributed by atoms with Crippen molar-refractivity contribution in [2.24, 2.45) is 5.92 Å². The van der Waals surface area contributed by atoms with E-state index in [9.17, 15) is 14.0 Å². The van der Waals surface area contributed by atoms with E-state index >= 15 is 0 Å². The molecule has 1 saturated heterocycles. The summed E-state index contributed by atoms with van der Waals surface area (Å²) in [5.41, 5.74) is 1.47. The van der Waals surface area contributed by atoms with Crippen LogP contribution in [-0.2, 0) is 16.0 Å². The number of H-pyrrole nitrogens is 1. The molecule has 0 spiro atoms. The average molecular weight is 387 g/mol. The molecule has 1 aliphatic heterocycles. The Morgan fingerprint density at radius 2 is 2.30 bits per heavy atom. The Kier molecular flexibility index (Phi) is 4.39. The van der Waals surface area contributed by atoms with E-state index in [2.05, 4.69) is 20.5 Å². The number of nitrogens with zero attached hydrogens (tertiary/aromatic N) is 3. The SMILES string of the molecule is CCc1nc(NC(=O)[C@@H]2CC(=O)N(c3n[nH]c4cccc(F)c34)C2)sc1C. The van der Waals surface area contributed by atoms with Crippen LogP contribution in [0.5, 0.6) is 0 Å². The molecule has 9 heteroatoms. The summed E-state index contributed by atoms with van der Waals surface area (Å²) in [5.74, 6) is -1.28. The highest BCUT2D eigenvalue weighted by atomic mass is 32.1. The molecule has 2 aromatic heterocycles. The van der Waals surface area contributed by atoms with E-state index in [4.69, 9.17) is 0 Å². The van der Waals surface area contributed by atoms with Crippen molar-refractivity contribution in [1.82, 2.24) is 15.2 Å². The van der Waals surface area contributed by atoms with Crippen LogP contribution < -0.4 is 10.2 Å². The molecule has 1 aromatic carbocycles. The van der Waals surface area contributed by atoms with Crippen LogP contribution in [0, 0.1) is 18.7 Å². The summed E-state index contributed by atoms with van der Waals surface area (Å²) in [6.07, 6.45) is 0.853. The van der Waals surface area contributed by atoms with E-state index < -0.39 is 11.7 Å². The molecular weight excluding hydrogens is 369 g/mol. The van der Waals surface area contributed by atoms with Crippen LogP contribution >= 0.6 is 11.3 Å². The minimum Gasteiger partial charge on any atom is -0.302 e. The van der Waals surface area contributed by atoms with Crippen molar-refractivity contribution in [2.75, 3.05) is 16.8 Å². The zero-order valence-electron chi connectivity index (χ0n) is 14.9. The number of hydrogen-bond acceptors (Lipinski definition) is 5. The third kappa shape index (κ3) is 3.08. The van der Waals surface area contributed by atoms with Crippen LogP contribution in [0.3, 0.4) is 0 Å². The van der Waals surface area contributed by atoms with E-state index in [1.54, 1.807) is 12.1 Å². The molecule has 140 valence electrons. The summed E-state index contributed by atoms with van der Waals surface area (Å²) in [6.45, 7) is 4.13. The van der Waals surface area contributed by atoms with Gasteiger partial charge in [0.15, 0.2) is 10.9 Å². The van der Waals surface area contributed by atoms with E-state index in [1.807, 2.05) is 13.8 Å². The summed E-state index contributed by atoms with van der Waals surface area (Å²) < 4.78 is 14.2. The fourth-order valence-electron chi connectivity index (χ4n) is 3.31. The number of carbonyl (C=O) groups is 2. The highest BCUT2D eigenvalue weighted by Crippen LogP contribution is 2.32. The quantitative estimate of drug-likeness (QED) is 0.720. The molecule has 0 radical (unpaired) electrons. The fourth-order valence-corrected chi connectivity index (χ4v) is 4.22. The third-order valence-electron chi connectivity index (χ3n) is 4.73. The minimum absolute atomic E-state index is 0.0552. The Balaban J connectivity index is 1.54. The molecule has 27 heavy (non-hydrogen) atoms. The van der Waals surface area contributed by atoms with Crippen molar-refractivity contribution in [3.63, 3.8) is 0 Å². The highest BCUT2D eigenvalue weighted by molar-refractivity contribution is 7.15. The summed E-state index contributed by atoms with van der Waals surface area (Å²) in [6, 6.07) is 4.58. The molecular formula is C18H18FN5O2S. The number of aryl methyl sites for hydroxylation is 2. The molecule has 3 heterocycles. The molecule has 1 atom stereocenters. The van der Waals surface area contributed by atoms with Gasteiger partial charge < -0.3 is 5.32 Å². The molecule has 0 saturated carbocycles. The van der Waals surface area contributed by atoms with Crippen LogP contribution in [0.1, 0.15) is 23.9 Å². The number of nitrogens with one attached hydrogen (secondary N) is 2. The summed E-state index contributed by atoms with van der Waals surface area (Å²) in [7, 11) is 0. The van der Waals surface area contributed by atoms with Crippen LogP contribution in [0.15, 0.2) is 18.2 Å². The first kappa shape index (κ1) is 17.6. The number of halogens is 1. The van der Waals surface area contributed by atoms with Gasteiger partial charge in [0.1, 0.15) is 5.82 Å². The number of aromatic amines is 1. The van der Waals surface area contributed by atoms with Crippen LogP contribution in [0.2, 0.25) is 0 Å². The monoisotopic (exact) mass is 387 g/mol. The first-order valence-corrected chi connectivity index (χ1v) is 9.49. The van der Waals surface area contributed by atoms with Crippen LogP contribution in [0.4, 0.5) is 15.3 Å². The van der Waals surface area contributed by atoms with Crippen LogP contribution in [0.25, 0.3) is 10.9 Å². The molecule has 2 amide bonds. The van der Waals surface area contributed by atoms with E-state index in [1.165, 1.54) is 22.3 Å². The minimum atomic E-state index is -0.537. The number of benzene rings is 1. The maximum absolute atomic E-state index is 14.2. The molecule has 0 bridgehead atoms. The molecule has 2 N–H and O–H groups in total. The lowest BCUT2D eigenvalue weighted by Crippen LogP contribution is -2.28. The molecule has 1 aliphatic rings. The van der Waals surface area contributed by atoms with Crippen molar-refractivity contribution in [2.45, 2.75) is 26.7 Å². The van der Waals surface area contributed by atoms with Gasteiger partial charge in [-0.1, -0.05) is 13.0 Å². The Hall–Kier alpha value is -2.81. The molecule has 0 unspecified atom stereocenters. The lowest BCUT2D eigenvalue weighted by Gasteiger charge is -2.14. The van der Waals surface area contributed by atoms with Gasteiger partial charge in [-0.2, -0.15) is 5.10 Å². The molecule has 4 rings (SSSR count). The van der Waals surface area contributed by atoms with Crippen molar-refractivity contribution in [3.05, 3.63) is 34.6 Å². The van der Waals surface area contributed by atoms with E-state index in [-0.39, 0.29) is 36.0 Å². The highest BCUT2D eigenvalue weighted by Gasteiger charge is 2.37. The second-order valence-electron chi connectivity index (χ2n) is 6.48. The number of carbonyl (C=O) groups excluding carboxylic acids is 2. The topological polar surface area (TPSA) is 91.0 Å². The smallest absolute Gasteiger partial charge is 0.231 e. The maximum Gasteiger partial charge on any atom is 0.231 e. The van der Waals surface area contributed by atoms with Crippen molar-refractivity contribution in [3.8, 4) is 0 Å². The Morgan fingerprint density at radius 1 is 1.48 bits per heavy atom. The number of hydrogen-bond donors (Lipinski definition) is 2. The lowest BCUT2D eigenvalue weighted by atomic mass is 10.1. The van der Waals surface area contributed by atoms with Crippen molar-refractivity contribution in [1.29, 1.82) is 0 Å². The standard InChI is InChI=1S/C18H18FN5O2S/c1-3-12-9(2)27-18(20-12)21-17(26)10-7-14(25)24(8-10)16-15-11(19)5-4-6-13(15)22-23-16/h4-6,10H,3,7-8H2,1-2H3,(H,22,23)(H,20,21,26)/t10-/m1/s1. The number of amides is 2. The maximum atomic E-state index is 14.2. The second kappa shape index (κ2) is 6.73. The number of aromatic nitrogens is 3. The van der Waals surface area contributed by atoms with Gasteiger partial charge >= 0.3 is 0 Å². The summed E-state index contributed by atoms with van der Waals surface area (Å²) in [4.78, 5) is 31.9. The predicted molar refractivity (Wildman–Crippen MR) is 101 cm³/mol. The Labute approximate surface area is 158 Å². The molecule has 7 nitrogen and oxygen atoms in total. The first-order valence-electron chi connectivity index (χ1n) is 8.68. The summed E-state index contributed by atoms with van der Waals surface area (Å²) in [5, 5.41) is 10.4. The fraction of sp³-hybridized carbons (Fsp3) is 0.333. The average Bonchev–Trinajstić information content (AvgIpc) is 3.32. The third-order valence-corrected chi connectivity index (χ3v) is 5.66. The van der Waals surface area contributed by atoms with Gasteiger partial charge in [0, 0.05) is 17.8 Å². The van der Waals surface area contributed by atoms with Gasteiger partial charge in [-0.15, -0.1) is 11.3 Å². The van der Waals surface area contributed by atoms with Gasteiger partial charge in [-0.3, -0.25) is 19.6 Å². The number of fused-ring (bicyclic) bond motifs is 1. The van der Waals surface area contributed by atoms with Gasteiger partial charge in [0.05, 0.1) is 22.5 Å². The van der Waals surface area contributed by atoms with Gasteiger partial charge in [-0.25, -0.2) is 9.37 Å². The largest absolute Gasteiger partial charge is 0.302 e. The first-order chi connectivity index (χ1) is 13.0. The number of rotatable bonds is 4. The molecule has 0 aliphatic carbocycles. The molecule has 1 fully saturated rings. The van der Waals surface area contributed by atoms with Crippen LogP contribution in [-0.4, -0.2) is 33.5 Å². The van der Waals surface area contributed by atoms with Gasteiger partial charge in [-0.05, 0) is 25.5 Å². The van der Waals surface area contributed by atoms with Crippen molar-refractivity contribution < 1.29 is 14.0 Å². The Bertz CT molecular complexity index is 1040. The predicted octanol–water partition coefficient (Wildman–Crippen LogP) is 3.02. The Morgan fingerprint density at radius 3 is 3.04 bits per heavy atom. The normalized spacial score (nSPS) is 17.1. The lowest BCUT2D eigenvalue weighted by molar-refractivity contribution is -0.122. The zero-order valence-corrected chi connectivity index (χ0v) is 15.7. The number of thiazole rings is 1. The molecule has 3 aromatic rings. The van der Waals surface area contributed by atoms with Gasteiger partial charge in [0.25, 0.3) is 0 Å². The zero-order chi connectivity index (χ0) is 19.1. The summed E-state index contributed by atoms with van der Waals surface area (Å²) >= 11 is 1.42. The van der Waals surface area contributed by atoms with Crippen molar-refractivity contribution >= 4 is 45.0 Å². The number of anilines is 2. The second-order valence-corrected chi connectivity index (χ2v) is 7.68. The van der Waals surface area contributed by atoms with Gasteiger partial charge in [0.2, 0.25) is 11.8 Å². The van der Waals surface area contributed by atoms with E-state index in [0.717, 1.165) is 17.0 Å². The van der Waals surface area contributed by atoms with E-state index in [0.29, 0.717) is 10.6 Å².